The summed E-state index contributed by atoms with van der Waals surface area (Å²) in [4.78, 5) is 16.4. The summed E-state index contributed by atoms with van der Waals surface area (Å²) in [5, 5.41) is 13.1. The number of anilines is 2. The smallest absolute Gasteiger partial charge is 0.101 e. The molecule has 4 heterocycles. The summed E-state index contributed by atoms with van der Waals surface area (Å²) < 4.78 is 1.11. The van der Waals surface area contributed by atoms with E-state index in [-0.39, 0.29) is 0 Å². The van der Waals surface area contributed by atoms with Crippen LogP contribution in [0.25, 0.3) is 10.2 Å². The fourth-order valence-corrected chi connectivity index (χ4v) is 5.85. The molecule has 172 valence electrons. The maximum absolute atomic E-state index is 9.40. The number of nitrogens with zero attached hydrogens (tertiary/aromatic N) is 6. The summed E-state index contributed by atoms with van der Waals surface area (Å²) in [6.45, 7) is 9.40. The second kappa shape index (κ2) is 9.64. The van der Waals surface area contributed by atoms with Crippen LogP contribution in [0.15, 0.2) is 36.0 Å². The van der Waals surface area contributed by atoms with E-state index in [0.29, 0.717) is 17.5 Å². The van der Waals surface area contributed by atoms with Crippen LogP contribution in [-0.2, 0) is 6.54 Å². The van der Waals surface area contributed by atoms with Crippen molar-refractivity contribution in [1.29, 1.82) is 5.26 Å². The van der Waals surface area contributed by atoms with Crippen LogP contribution in [0.5, 0.6) is 0 Å². The van der Waals surface area contributed by atoms with E-state index < -0.39 is 0 Å². The number of fused-ring (bicyclic) bond motifs is 1. The molecule has 0 spiro atoms. The van der Waals surface area contributed by atoms with E-state index in [1.54, 1.807) is 11.3 Å². The normalized spacial score (nSPS) is 22.0. The number of nitrogens with one attached hydrogen (secondary N) is 1. The van der Waals surface area contributed by atoms with E-state index in [0.717, 1.165) is 68.1 Å². The summed E-state index contributed by atoms with van der Waals surface area (Å²) in [6.07, 6.45) is 3.17. The molecule has 3 aromatic rings. The van der Waals surface area contributed by atoms with Crippen LogP contribution < -0.4 is 15.1 Å². The average molecular weight is 462 g/mol. The lowest BCUT2D eigenvalue weighted by molar-refractivity contribution is 0.313. The van der Waals surface area contributed by atoms with Crippen LogP contribution in [0.3, 0.4) is 0 Å². The number of likely N-dealkylation sites (N-methyl/N-ethyl adjacent to an activating group) is 1. The first-order valence-corrected chi connectivity index (χ1v) is 12.6. The molecule has 2 aliphatic heterocycles. The van der Waals surface area contributed by atoms with Crippen molar-refractivity contribution in [2.75, 3.05) is 56.1 Å². The molecule has 0 saturated carbocycles. The zero-order valence-corrected chi connectivity index (χ0v) is 20.2. The number of pyridine rings is 1. The number of benzene rings is 1. The lowest BCUT2D eigenvalue weighted by Gasteiger charge is -2.38. The van der Waals surface area contributed by atoms with E-state index in [1.165, 1.54) is 11.4 Å². The highest BCUT2D eigenvalue weighted by Gasteiger charge is 2.26. The third-order valence-corrected chi connectivity index (χ3v) is 7.68. The zero-order chi connectivity index (χ0) is 22.8. The minimum atomic E-state index is 0.395. The van der Waals surface area contributed by atoms with Crippen LogP contribution in [0.4, 0.5) is 11.4 Å². The Morgan fingerprint density at radius 1 is 1.09 bits per heavy atom. The van der Waals surface area contributed by atoms with Gasteiger partial charge in [0.15, 0.2) is 0 Å². The molecule has 1 N–H and O–H groups in total. The number of piperidine rings is 1. The van der Waals surface area contributed by atoms with Crippen molar-refractivity contribution in [1.82, 2.24) is 20.2 Å². The first-order valence-electron chi connectivity index (χ1n) is 11.7. The summed E-state index contributed by atoms with van der Waals surface area (Å²) in [5.74, 6) is 0.586. The molecule has 0 aliphatic carbocycles. The van der Waals surface area contributed by atoms with Gasteiger partial charge in [-0.05, 0) is 43.7 Å². The quantitative estimate of drug-likeness (QED) is 0.625. The van der Waals surface area contributed by atoms with Crippen LogP contribution in [0, 0.1) is 17.2 Å². The van der Waals surface area contributed by atoms with Gasteiger partial charge in [-0.2, -0.15) is 5.26 Å². The fraction of sp³-hybridized carbons (Fsp3) is 0.480. The molecule has 2 aromatic heterocycles. The third kappa shape index (κ3) is 4.81. The predicted octanol–water partition coefficient (Wildman–Crippen LogP) is 3.32. The van der Waals surface area contributed by atoms with Gasteiger partial charge in [-0.15, -0.1) is 11.3 Å². The van der Waals surface area contributed by atoms with Crippen molar-refractivity contribution < 1.29 is 0 Å². The van der Waals surface area contributed by atoms with Gasteiger partial charge in [-0.3, -0.25) is 4.98 Å². The number of hydrogen-bond donors (Lipinski definition) is 1. The maximum Gasteiger partial charge on any atom is 0.101 e. The molecule has 2 fully saturated rings. The minimum absolute atomic E-state index is 0.395. The van der Waals surface area contributed by atoms with Gasteiger partial charge in [-0.1, -0.05) is 6.92 Å². The maximum atomic E-state index is 9.40. The lowest BCUT2D eigenvalue weighted by Crippen LogP contribution is -2.48. The van der Waals surface area contributed by atoms with Crippen molar-refractivity contribution in [3.05, 3.63) is 47.2 Å². The highest BCUT2D eigenvalue weighted by molar-refractivity contribution is 7.17. The Morgan fingerprint density at radius 2 is 1.94 bits per heavy atom. The van der Waals surface area contributed by atoms with E-state index in [2.05, 4.69) is 63.2 Å². The van der Waals surface area contributed by atoms with Crippen molar-refractivity contribution in [3.63, 3.8) is 0 Å². The van der Waals surface area contributed by atoms with Gasteiger partial charge in [0, 0.05) is 51.9 Å². The third-order valence-electron chi connectivity index (χ3n) is 6.83. The molecular formula is C25H31N7S. The Kier molecular flexibility index (Phi) is 6.45. The average Bonchev–Trinajstić information content (AvgIpc) is 3.33. The summed E-state index contributed by atoms with van der Waals surface area (Å²) in [5.41, 5.74) is 6.82. The molecule has 0 radical (unpaired) electrons. The SMILES string of the molecule is C[C@H]1C[C@@H](NCc2ccc(N3CCN(C)CC3)cn2)CN(c2ccc(C#N)c3ncsc23)C1. The number of aromatic nitrogens is 2. The van der Waals surface area contributed by atoms with Gasteiger partial charge in [0.25, 0.3) is 0 Å². The Morgan fingerprint density at radius 3 is 2.70 bits per heavy atom. The van der Waals surface area contributed by atoms with Gasteiger partial charge < -0.3 is 20.0 Å². The van der Waals surface area contributed by atoms with Gasteiger partial charge in [-0.25, -0.2) is 4.98 Å². The fourth-order valence-electron chi connectivity index (χ4n) is 4.99. The molecule has 2 aliphatic rings. The molecule has 0 unspecified atom stereocenters. The molecule has 5 rings (SSSR count). The van der Waals surface area contributed by atoms with Crippen molar-refractivity contribution in [2.45, 2.75) is 25.9 Å². The molecule has 2 saturated heterocycles. The number of nitriles is 1. The zero-order valence-electron chi connectivity index (χ0n) is 19.4. The van der Waals surface area contributed by atoms with Gasteiger partial charge in [0.2, 0.25) is 0 Å². The number of rotatable bonds is 5. The molecule has 33 heavy (non-hydrogen) atoms. The molecule has 7 nitrogen and oxygen atoms in total. The Hall–Kier alpha value is -2.73. The predicted molar refractivity (Wildman–Crippen MR) is 135 cm³/mol. The standard InChI is InChI=1S/C25H31N7S/c1-18-11-21(16-32(15-18)23-6-3-19(12-26)24-25(23)33-17-29-24)27-13-20-4-5-22(14-28-20)31-9-7-30(2)8-10-31/h3-6,14,17-18,21,27H,7-11,13,15-16H2,1-2H3/t18-,21+/m0/s1. The van der Waals surface area contributed by atoms with Gasteiger partial charge in [0.1, 0.15) is 11.6 Å². The van der Waals surface area contributed by atoms with Crippen LogP contribution in [0.1, 0.15) is 24.6 Å². The Labute approximate surface area is 199 Å². The molecule has 8 heteroatoms. The van der Waals surface area contributed by atoms with Crippen molar-refractivity contribution in [3.8, 4) is 6.07 Å². The monoisotopic (exact) mass is 461 g/mol. The molecule has 2 atom stereocenters. The number of thiazole rings is 1. The second-order valence-electron chi connectivity index (χ2n) is 9.40. The Balaban J connectivity index is 1.23. The number of hydrogen-bond acceptors (Lipinski definition) is 8. The number of piperazine rings is 1. The molecular weight excluding hydrogens is 430 g/mol. The topological polar surface area (TPSA) is 71.3 Å². The summed E-state index contributed by atoms with van der Waals surface area (Å²) in [7, 11) is 2.18. The van der Waals surface area contributed by atoms with E-state index >= 15 is 0 Å². The highest BCUT2D eigenvalue weighted by atomic mass is 32.1. The minimum Gasteiger partial charge on any atom is -0.368 e. The van der Waals surface area contributed by atoms with Crippen LogP contribution in [-0.4, -0.2) is 67.2 Å². The molecule has 0 bridgehead atoms. The second-order valence-corrected chi connectivity index (χ2v) is 10.3. The lowest BCUT2D eigenvalue weighted by atomic mass is 9.95. The largest absolute Gasteiger partial charge is 0.368 e. The van der Waals surface area contributed by atoms with Crippen molar-refractivity contribution >= 4 is 32.9 Å². The Bertz CT molecular complexity index is 1130. The molecule has 1 aromatic carbocycles. The van der Waals surface area contributed by atoms with Gasteiger partial charge in [0.05, 0.1) is 39.0 Å². The first-order chi connectivity index (χ1) is 16.1. The molecule has 0 amide bonds. The van der Waals surface area contributed by atoms with E-state index in [9.17, 15) is 5.26 Å². The highest BCUT2D eigenvalue weighted by Crippen LogP contribution is 2.34. The summed E-state index contributed by atoms with van der Waals surface area (Å²) >= 11 is 1.62. The van der Waals surface area contributed by atoms with Crippen molar-refractivity contribution in [2.24, 2.45) is 5.92 Å². The van der Waals surface area contributed by atoms with Crippen LogP contribution >= 0.6 is 11.3 Å². The van der Waals surface area contributed by atoms with Crippen LogP contribution in [0.2, 0.25) is 0 Å². The van der Waals surface area contributed by atoms with E-state index in [4.69, 9.17) is 4.98 Å². The summed E-state index contributed by atoms with van der Waals surface area (Å²) in [6, 6.07) is 11.0. The first kappa shape index (κ1) is 22.1. The van der Waals surface area contributed by atoms with E-state index in [1.807, 2.05) is 17.8 Å². The van der Waals surface area contributed by atoms with Gasteiger partial charge >= 0.3 is 0 Å².